The largest absolute Gasteiger partial charge is 0.377 e. The summed E-state index contributed by atoms with van der Waals surface area (Å²) in [5, 5.41) is 0. The number of hydrogen-bond acceptors (Lipinski definition) is 1. The number of rotatable bonds is 1. The Morgan fingerprint density at radius 3 is 2.60 bits per heavy atom. The fraction of sp³-hybridized carbons (Fsp3) is 1.00. The van der Waals surface area contributed by atoms with Crippen LogP contribution in [0.3, 0.4) is 0 Å². The van der Waals surface area contributed by atoms with Crippen molar-refractivity contribution in [3.8, 4) is 0 Å². The van der Waals surface area contributed by atoms with E-state index < -0.39 is 0 Å². The zero-order valence-electron chi connectivity index (χ0n) is 6.69. The lowest BCUT2D eigenvalue weighted by Gasteiger charge is -2.36. The number of hydrogen-bond donors (Lipinski definition) is 0. The minimum absolute atomic E-state index is 0.0955. The van der Waals surface area contributed by atoms with E-state index in [9.17, 15) is 0 Å². The summed E-state index contributed by atoms with van der Waals surface area (Å²) in [6.07, 6.45) is 5.10. The Balaban J connectivity index is 2.54. The molecule has 10 heavy (non-hydrogen) atoms. The molecule has 0 unspecified atom stereocenters. The van der Waals surface area contributed by atoms with E-state index >= 15 is 0 Å². The minimum Gasteiger partial charge on any atom is -0.377 e. The van der Waals surface area contributed by atoms with E-state index in [2.05, 4.69) is 22.9 Å². The molecule has 0 heterocycles. The standard InChI is InChI=1S/C8H15BrO/c1-8(10-2)6-4-3-5-7(8)9/h7H,3-6H2,1-2H3/t7-,8-/m1/s1. The lowest BCUT2D eigenvalue weighted by atomic mass is 9.86. The summed E-state index contributed by atoms with van der Waals surface area (Å²) in [5.41, 5.74) is 0.0955. The van der Waals surface area contributed by atoms with Gasteiger partial charge in [-0.15, -0.1) is 0 Å². The highest BCUT2D eigenvalue weighted by Crippen LogP contribution is 2.35. The molecular weight excluding hydrogens is 192 g/mol. The first-order valence-electron chi connectivity index (χ1n) is 3.88. The minimum atomic E-state index is 0.0955. The van der Waals surface area contributed by atoms with Crippen LogP contribution in [-0.4, -0.2) is 17.5 Å². The molecular formula is C8H15BrO. The lowest BCUT2D eigenvalue weighted by Crippen LogP contribution is -2.40. The van der Waals surface area contributed by atoms with Gasteiger partial charge in [-0.2, -0.15) is 0 Å². The molecule has 1 saturated carbocycles. The van der Waals surface area contributed by atoms with E-state index in [0.717, 1.165) is 0 Å². The van der Waals surface area contributed by atoms with Crippen molar-refractivity contribution in [3.63, 3.8) is 0 Å². The maximum Gasteiger partial charge on any atom is 0.0775 e. The van der Waals surface area contributed by atoms with Crippen molar-refractivity contribution in [3.05, 3.63) is 0 Å². The summed E-state index contributed by atoms with van der Waals surface area (Å²) in [5.74, 6) is 0. The molecule has 0 saturated heterocycles. The second kappa shape index (κ2) is 3.22. The highest BCUT2D eigenvalue weighted by atomic mass is 79.9. The maximum absolute atomic E-state index is 5.44. The average molecular weight is 207 g/mol. The zero-order valence-corrected chi connectivity index (χ0v) is 8.28. The molecule has 1 aliphatic carbocycles. The summed E-state index contributed by atoms with van der Waals surface area (Å²) in [6.45, 7) is 2.19. The topological polar surface area (TPSA) is 9.23 Å². The molecule has 2 heteroatoms. The van der Waals surface area contributed by atoms with Gasteiger partial charge >= 0.3 is 0 Å². The summed E-state index contributed by atoms with van der Waals surface area (Å²) in [6, 6.07) is 0. The fourth-order valence-electron chi connectivity index (χ4n) is 1.49. The van der Waals surface area contributed by atoms with Crippen LogP contribution in [-0.2, 0) is 4.74 Å². The molecule has 0 aromatic rings. The molecule has 60 valence electrons. The van der Waals surface area contributed by atoms with Crippen LogP contribution in [0, 0.1) is 0 Å². The molecule has 2 atom stereocenters. The fourth-order valence-corrected chi connectivity index (χ4v) is 2.23. The van der Waals surface area contributed by atoms with Gasteiger partial charge in [-0.05, 0) is 19.8 Å². The Hall–Kier alpha value is 0.440. The van der Waals surface area contributed by atoms with E-state index in [1.165, 1.54) is 25.7 Å². The summed E-state index contributed by atoms with van der Waals surface area (Å²) >= 11 is 3.65. The van der Waals surface area contributed by atoms with Crippen LogP contribution < -0.4 is 0 Å². The van der Waals surface area contributed by atoms with Gasteiger partial charge in [0.25, 0.3) is 0 Å². The van der Waals surface area contributed by atoms with E-state index in [4.69, 9.17) is 4.74 Å². The van der Waals surface area contributed by atoms with Crippen LogP contribution in [0.15, 0.2) is 0 Å². The van der Waals surface area contributed by atoms with Crippen LogP contribution in [0.1, 0.15) is 32.6 Å². The molecule has 1 aliphatic rings. The van der Waals surface area contributed by atoms with Crippen LogP contribution in [0.25, 0.3) is 0 Å². The molecule has 1 nitrogen and oxygen atoms in total. The van der Waals surface area contributed by atoms with E-state index in [1.807, 2.05) is 0 Å². The van der Waals surface area contributed by atoms with Gasteiger partial charge < -0.3 is 4.74 Å². The Labute approximate surface area is 71.3 Å². The Morgan fingerprint density at radius 2 is 2.20 bits per heavy atom. The SMILES string of the molecule is CO[C@]1(C)CCCC[C@H]1Br. The second-order valence-electron chi connectivity index (χ2n) is 3.23. The molecule has 1 fully saturated rings. The van der Waals surface area contributed by atoms with Gasteiger partial charge in [-0.25, -0.2) is 0 Å². The van der Waals surface area contributed by atoms with E-state index in [1.54, 1.807) is 7.11 Å². The number of methoxy groups -OCH3 is 1. The predicted octanol–water partition coefficient (Wildman–Crippen LogP) is 2.73. The summed E-state index contributed by atoms with van der Waals surface area (Å²) in [4.78, 5) is 0.554. The van der Waals surface area contributed by atoms with Gasteiger partial charge in [0.2, 0.25) is 0 Å². The highest BCUT2D eigenvalue weighted by molar-refractivity contribution is 9.09. The molecule has 0 aliphatic heterocycles. The molecule has 0 radical (unpaired) electrons. The maximum atomic E-state index is 5.44. The van der Waals surface area contributed by atoms with Gasteiger partial charge in [0, 0.05) is 11.9 Å². The normalized spacial score (nSPS) is 41.7. The monoisotopic (exact) mass is 206 g/mol. The van der Waals surface area contributed by atoms with Crippen molar-refractivity contribution in [2.75, 3.05) is 7.11 Å². The first-order valence-corrected chi connectivity index (χ1v) is 4.80. The highest BCUT2D eigenvalue weighted by Gasteiger charge is 2.34. The third kappa shape index (κ3) is 1.54. The smallest absolute Gasteiger partial charge is 0.0775 e. The van der Waals surface area contributed by atoms with Gasteiger partial charge in [-0.3, -0.25) is 0 Å². The molecule has 0 aromatic heterocycles. The predicted molar refractivity (Wildman–Crippen MR) is 46.6 cm³/mol. The van der Waals surface area contributed by atoms with Crippen molar-refractivity contribution < 1.29 is 4.74 Å². The quantitative estimate of drug-likeness (QED) is 0.600. The summed E-state index contributed by atoms with van der Waals surface area (Å²) < 4.78 is 5.44. The Kier molecular flexibility index (Phi) is 2.75. The third-order valence-corrected chi connectivity index (χ3v) is 3.94. The van der Waals surface area contributed by atoms with Gasteiger partial charge in [0.1, 0.15) is 0 Å². The van der Waals surface area contributed by atoms with Crippen LogP contribution in [0.5, 0.6) is 0 Å². The summed E-state index contributed by atoms with van der Waals surface area (Å²) in [7, 11) is 1.81. The molecule has 1 rings (SSSR count). The van der Waals surface area contributed by atoms with Crippen molar-refractivity contribution >= 4 is 15.9 Å². The van der Waals surface area contributed by atoms with Crippen LogP contribution in [0.2, 0.25) is 0 Å². The first-order chi connectivity index (χ1) is 4.69. The molecule has 0 amide bonds. The van der Waals surface area contributed by atoms with Gasteiger partial charge in [-0.1, -0.05) is 28.8 Å². The van der Waals surface area contributed by atoms with Crippen molar-refractivity contribution in [2.45, 2.75) is 43.0 Å². The Bertz CT molecular complexity index is 116. The molecule has 0 spiro atoms. The van der Waals surface area contributed by atoms with Crippen LogP contribution in [0.4, 0.5) is 0 Å². The second-order valence-corrected chi connectivity index (χ2v) is 4.34. The molecule has 0 bridgehead atoms. The zero-order chi connectivity index (χ0) is 7.61. The van der Waals surface area contributed by atoms with Crippen molar-refractivity contribution in [1.29, 1.82) is 0 Å². The molecule has 0 N–H and O–H groups in total. The number of alkyl halides is 1. The average Bonchev–Trinajstić information content (AvgIpc) is 1.96. The van der Waals surface area contributed by atoms with Gasteiger partial charge in [0.05, 0.1) is 5.60 Å². The van der Waals surface area contributed by atoms with Crippen molar-refractivity contribution in [2.24, 2.45) is 0 Å². The van der Waals surface area contributed by atoms with E-state index in [-0.39, 0.29) is 5.60 Å². The lowest BCUT2D eigenvalue weighted by molar-refractivity contribution is -0.0158. The molecule has 0 aromatic carbocycles. The van der Waals surface area contributed by atoms with Crippen LogP contribution >= 0.6 is 15.9 Å². The Morgan fingerprint density at radius 1 is 1.50 bits per heavy atom. The van der Waals surface area contributed by atoms with Gasteiger partial charge in [0.15, 0.2) is 0 Å². The number of ether oxygens (including phenoxy) is 1. The number of halogens is 1. The van der Waals surface area contributed by atoms with Crippen molar-refractivity contribution in [1.82, 2.24) is 0 Å². The van der Waals surface area contributed by atoms with E-state index in [0.29, 0.717) is 4.83 Å². The first kappa shape index (κ1) is 8.54. The third-order valence-electron chi connectivity index (χ3n) is 2.51.